The van der Waals surface area contributed by atoms with Gasteiger partial charge in [-0.15, -0.1) is 0 Å². The monoisotopic (exact) mass is 543 g/mol. The molecule has 0 saturated heterocycles. The largest absolute Gasteiger partial charge is 0.483 e. The number of aryl methyl sites for hydroxylation is 6. The maximum Gasteiger partial charge on any atom is 0.414 e. The Kier molecular flexibility index (Phi) is 12.5. The van der Waals surface area contributed by atoms with Gasteiger partial charge in [-0.05, 0) is 84.6 Å². The minimum atomic E-state index is -0.954. The summed E-state index contributed by atoms with van der Waals surface area (Å²) in [4.78, 5) is 37.9. The molecule has 3 N–H and O–H groups in total. The van der Waals surface area contributed by atoms with Gasteiger partial charge in [0.05, 0.1) is 0 Å². The third kappa shape index (κ3) is 12.3. The molecule has 39 heavy (non-hydrogen) atoms. The molecule has 2 aromatic rings. The fourth-order valence-electron chi connectivity index (χ4n) is 3.77. The number of carboxylic acid groups (broad SMARTS) is 1. The zero-order valence-electron chi connectivity index (χ0n) is 24.6. The van der Waals surface area contributed by atoms with Crippen LogP contribution in [-0.4, -0.2) is 54.9 Å². The molecule has 0 aliphatic carbocycles. The van der Waals surface area contributed by atoms with E-state index >= 15 is 0 Å². The minimum Gasteiger partial charge on any atom is -0.483 e. The number of alkyl carbamates (subject to hydrolysis) is 1. The van der Waals surface area contributed by atoms with Crippen molar-refractivity contribution in [2.75, 3.05) is 20.3 Å². The van der Waals surface area contributed by atoms with E-state index < -0.39 is 23.6 Å². The van der Waals surface area contributed by atoms with E-state index in [2.05, 4.69) is 15.6 Å². The summed E-state index contributed by atoms with van der Waals surface area (Å²) >= 11 is 0. The van der Waals surface area contributed by atoms with E-state index in [0.717, 1.165) is 33.4 Å². The molecule has 10 heteroatoms. The zero-order chi connectivity index (χ0) is 29.9. The molecule has 0 spiro atoms. The summed E-state index contributed by atoms with van der Waals surface area (Å²) < 4.78 is 15.9. The topological polar surface area (TPSA) is 136 Å². The van der Waals surface area contributed by atoms with Crippen LogP contribution in [0.4, 0.5) is 4.79 Å². The van der Waals surface area contributed by atoms with Crippen molar-refractivity contribution in [2.24, 2.45) is 4.99 Å². The maximum atomic E-state index is 12.0. The molecular weight excluding hydrogens is 502 g/mol. The normalized spacial score (nSPS) is 11.1. The molecule has 2 aromatic carbocycles. The highest BCUT2D eigenvalue weighted by molar-refractivity contribution is 6.03. The molecule has 0 atom stereocenters. The number of carboxylic acids is 1. The second kappa shape index (κ2) is 14.8. The van der Waals surface area contributed by atoms with Crippen molar-refractivity contribution >= 4 is 23.9 Å². The molecule has 10 nitrogen and oxygen atoms in total. The predicted octanol–water partition coefficient (Wildman–Crippen LogP) is 4.69. The van der Waals surface area contributed by atoms with Crippen molar-refractivity contribution in [3.05, 3.63) is 57.6 Å². The number of ether oxygens (including phenoxy) is 3. The number of rotatable bonds is 6. The molecule has 0 aliphatic rings. The molecule has 0 aliphatic heterocycles. The molecule has 0 fully saturated rings. The second-order valence-corrected chi connectivity index (χ2v) is 10.2. The zero-order valence-corrected chi connectivity index (χ0v) is 24.6. The summed E-state index contributed by atoms with van der Waals surface area (Å²) in [6.07, 6.45) is -0.695. The van der Waals surface area contributed by atoms with Crippen molar-refractivity contribution in [3.63, 3.8) is 0 Å². The first-order chi connectivity index (χ1) is 18.0. The molecule has 2 rings (SSSR count). The highest BCUT2D eigenvalue weighted by atomic mass is 16.6. The SMILES string of the molecule is CN=C(NC(=O)COc1c(C)cc(C)cc1C)NC(=O)OC(C)(C)C.Cc1cc(C)c(OCC(=O)O)c(C)c1. The Morgan fingerprint density at radius 2 is 1.18 bits per heavy atom. The van der Waals surface area contributed by atoms with Crippen molar-refractivity contribution in [3.8, 4) is 11.5 Å². The van der Waals surface area contributed by atoms with Gasteiger partial charge >= 0.3 is 12.1 Å². The molecule has 0 aromatic heterocycles. The second-order valence-electron chi connectivity index (χ2n) is 10.2. The Labute approximate surface area is 230 Å². The van der Waals surface area contributed by atoms with Gasteiger partial charge in [0.25, 0.3) is 5.91 Å². The number of benzene rings is 2. The smallest absolute Gasteiger partial charge is 0.414 e. The lowest BCUT2D eigenvalue weighted by atomic mass is 10.1. The minimum absolute atomic E-state index is 0.000185. The van der Waals surface area contributed by atoms with Crippen LogP contribution in [0.5, 0.6) is 11.5 Å². The summed E-state index contributed by atoms with van der Waals surface area (Å²) in [5.74, 6) is -0.0329. The number of nitrogens with one attached hydrogen (secondary N) is 2. The molecule has 214 valence electrons. The molecule has 0 unspecified atom stereocenters. The number of guanidine groups is 1. The third-order valence-electron chi connectivity index (χ3n) is 5.00. The van der Waals surface area contributed by atoms with Gasteiger partial charge in [0.15, 0.2) is 13.2 Å². The first-order valence-corrected chi connectivity index (χ1v) is 12.4. The van der Waals surface area contributed by atoms with E-state index in [4.69, 9.17) is 19.3 Å². The van der Waals surface area contributed by atoms with Crippen LogP contribution >= 0.6 is 0 Å². The molecule has 0 heterocycles. The van der Waals surface area contributed by atoms with Gasteiger partial charge in [-0.2, -0.15) is 0 Å². The summed E-state index contributed by atoms with van der Waals surface area (Å²) in [6.45, 7) is 16.4. The Hall–Kier alpha value is -4.08. The lowest BCUT2D eigenvalue weighted by molar-refractivity contribution is -0.139. The highest BCUT2D eigenvalue weighted by Gasteiger charge is 2.18. The van der Waals surface area contributed by atoms with Gasteiger partial charge in [-0.25, -0.2) is 9.59 Å². The van der Waals surface area contributed by atoms with Gasteiger partial charge in [0, 0.05) is 7.05 Å². The van der Waals surface area contributed by atoms with Crippen LogP contribution in [0.15, 0.2) is 29.3 Å². The van der Waals surface area contributed by atoms with Crippen molar-refractivity contribution < 1.29 is 33.7 Å². The van der Waals surface area contributed by atoms with E-state index in [9.17, 15) is 14.4 Å². The number of amides is 2. The van der Waals surface area contributed by atoms with Crippen LogP contribution in [0.25, 0.3) is 0 Å². The van der Waals surface area contributed by atoms with Crippen LogP contribution < -0.4 is 20.1 Å². The van der Waals surface area contributed by atoms with Gasteiger partial charge in [0.1, 0.15) is 17.1 Å². The lowest BCUT2D eigenvalue weighted by Crippen LogP contribution is -2.46. The number of hydrogen-bond acceptors (Lipinski definition) is 7. The third-order valence-corrected chi connectivity index (χ3v) is 5.00. The van der Waals surface area contributed by atoms with Gasteiger partial charge in [-0.1, -0.05) is 35.4 Å². The average molecular weight is 544 g/mol. The number of carbonyl (C=O) groups excluding carboxylic acids is 2. The quantitative estimate of drug-likeness (QED) is 0.355. The summed E-state index contributed by atoms with van der Waals surface area (Å²) in [6, 6.07) is 7.93. The Bertz CT molecular complexity index is 1170. The van der Waals surface area contributed by atoms with Crippen molar-refractivity contribution in [1.29, 1.82) is 0 Å². The first-order valence-electron chi connectivity index (χ1n) is 12.4. The number of aliphatic carboxylic acids is 1. The highest BCUT2D eigenvalue weighted by Crippen LogP contribution is 2.25. The fraction of sp³-hybridized carbons (Fsp3) is 0.448. The van der Waals surface area contributed by atoms with Crippen LogP contribution in [-0.2, 0) is 14.3 Å². The summed E-state index contributed by atoms with van der Waals surface area (Å²) in [5.41, 5.74) is 5.52. The van der Waals surface area contributed by atoms with Crippen LogP contribution in [0.1, 0.15) is 54.2 Å². The maximum absolute atomic E-state index is 12.0. The molecule has 0 radical (unpaired) electrons. The van der Waals surface area contributed by atoms with E-state index in [0.29, 0.717) is 11.5 Å². The van der Waals surface area contributed by atoms with Gasteiger partial charge in [0.2, 0.25) is 5.96 Å². The van der Waals surface area contributed by atoms with Crippen molar-refractivity contribution in [2.45, 2.75) is 67.9 Å². The molecule has 0 bridgehead atoms. The van der Waals surface area contributed by atoms with E-state index in [-0.39, 0.29) is 19.2 Å². The van der Waals surface area contributed by atoms with Crippen LogP contribution in [0.2, 0.25) is 0 Å². The summed E-state index contributed by atoms with van der Waals surface area (Å²) in [7, 11) is 1.45. The fourth-order valence-corrected chi connectivity index (χ4v) is 3.77. The molecule has 0 saturated carbocycles. The number of carbonyl (C=O) groups is 3. The average Bonchev–Trinajstić information content (AvgIpc) is 2.76. The Morgan fingerprint density at radius 1 is 0.769 bits per heavy atom. The van der Waals surface area contributed by atoms with E-state index in [1.165, 1.54) is 7.05 Å². The van der Waals surface area contributed by atoms with Crippen LogP contribution in [0, 0.1) is 41.5 Å². The standard InChI is InChI=1S/C18H27N3O4.C11H14O3/c1-11-8-12(2)15(13(3)9-11)24-10-14(22)20-16(19-7)21-17(23)25-18(4,5)6;1-7-4-8(2)11(9(3)5-7)14-6-10(12)13/h8-9H,10H2,1-7H3,(H2,19,20,21,22,23);4-5H,6H2,1-3H3,(H,12,13). The van der Waals surface area contributed by atoms with Gasteiger partial charge < -0.3 is 19.3 Å². The predicted molar refractivity (Wildman–Crippen MR) is 151 cm³/mol. The number of nitrogens with zero attached hydrogens (tertiary/aromatic N) is 1. The Balaban J connectivity index is 0.000000457. The van der Waals surface area contributed by atoms with Gasteiger partial charge in [-0.3, -0.25) is 20.4 Å². The first kappa shape index (κ1) is 32.9. The van der Waals surface area contributed by atoms with E-state index in [1.807, 2.05) is 65.8 Å². The number of aliphatic imine (C=N–C) groups is 1. The molecular formula is C29H41N3O7. The lowest BCUT2D eigenvalue weighted by Gasteiger charge is -2.20. The number of hydrogen-bond donors (Lipinski definition) is 3. The van der Waals surface area contributed by atoms with E-state index in [1.54, 1.807) is 20.8 Å². The molecule has 2 amide bonds. The van der Waals surface area contributed by atoms with Crippen LogP contribution in [0.3, 0.4) is 0 Å². The summed E-state index contributed by atoms with van der Waals surface area (Å²) in [5, 5.41) is 13.3. The Morgan fingerprint density at radius 3 is 1.54 bits per heavy atom. The van der Waals surface area contributed by atoms with Crippen molar-refractivity contribution in [1.82, 2.24) is 10.6 Å².